The molecule has 1 aromatic heterocycles. The second kappa shape index (κ2) is 3.98. The molecule has 0 bridgehead atoms. The Morgan fingerprint density at radius 3 is 3.00 bits per heavy atom. The van der Waals surface area contributed by atoms with Crippen LogP contribution in [-0.4, -0.2) is 16.7 Å². The fraction of sp³-hybridized carbons (Fsp3) is 0.200. The number of fused-ring (bicyclic) bond motifs is 1. The SMILES string of the molecule is NCC(NO)c1c[nH]c2cc(F)ccc12. The standard InChI is InChI=1S/C10H12FN3O/c11-6-1-2-7-8(10(4-12)14-15)5-13-9(7)3-6/h1-3,5,10,13-15H,4,12H2. The zero-order chi connectivity index (χ0) is 10.8. The molecule has 80 valence electrons. The van der Waals surface area contributed by atoms with E-state index in [1.54, 1.807) is 12.3 Å². The number of nitrogens with two attached hydrogens (primary N) is 1. The summed E-state index contributed by atoms with van der Waals surface area (Å²) < 4.78 is 12.9. The summed E-state index contributed by atoms with van der Waals surface area (Å²) >= 11 is 0. The molecule has 0 amide bonds. The third-order valence-corrected chi connectivity index (χ3v) is 2.44. The van der Waals surface area contributed by atoms with E-state index in [0.717, 1.165) is 10.9 Å². The Morgan fingerprint density at radius 1 is 1.53 bits per heavy atom. The van der Waals surface area contributed by atoms with Crippen molar-refractivity contribution in [3.63, 3.8) is 0 Å². The fourth-order valence-corrected chi connectivity index (χ4v) is 1.66. The summed E-state index contributed by atoms with van der Waals surface area (Å²) in [6.45, 7) is 0.265. The molecular formula is C10H12FN3O. The number of hydrogen-bond acceptors (Lipinski definition) is 3. The third kappa shape index (κ3) is 1.72. The van der Waals surface area contributed by atoms with Crippen LogP contribution in [0.4, 0.5) is 4.39 Å². The van der Waals surface area contributed by atoms with Crippen LogP contribution in [0, 0.1) is 5.82 Å². The van der Waals surface area contributed by atoms with Crippen molar-refractivity contribution in [3.05, 3.63) is 35.8 Å². The Bertz CT molecular complexity index is 465. The van der Waals surface area contributed by atoms with Gasteiger partial charge in [0.1, 0.15) is 5.82 Å². The minimum Gasteiger partial charge on any atom is -0.361 e. The van der Waals surface area contributed by atoms with Crippen LogP contribution in [0.5, 0.6) is 0 Å². The van der Waals surface area contributed by atoms with Crippen LogP contribution in [0.25, 0.3) is 10.9 Å². The molecule has 0 aliphatic heterocycles. The molecule has 0 saturated heterocycles. The quantitative estimate of drug-likeness (QED) is 0.575. The molecule has 4 nitrogen and oxygen atoms in total. The number of H-pyrrole nitrogens is 1. The normalized spacial score (nSPS) is 13.3. The van der Waals surface area contributed by atoms with Gasteiger partial charge in [-0.3, -0.25) is 0 Å². The Balaban J connectivity index is 2.53. The molecule has 0 radical (unpaired) electrons. The van der Waals surface area contributed by atoms with Crippen LogP contribution in [0.3, 0.4) is 0 Å². The monoisotopic (exact) mass is 209 g/mol. The minimum absolute atomic E-state index is 0.265. The van der Waals surface area contributed by atoms with Crippen molar-refractivity contribution in [1.29, 1.82) is 0 Å². The molecule has 1 heterocycles. The fourth-order valence-electron chi connectivity index (χ4n) is 1.66. The first-order valence-corrected chi connectivity index (χ1v) is 4.62. The van der Waals surface area contributed by atoms with Gasteiger partial charge in [-0.25, -0.2) is 4.39 Å². The van der Waals surface area contributed by atoms with Crippen molar-refractivity contribution < 1.29 is 9.60 Å². The summed E-state index contributed by atoms with van der Waals surface area (Å²) in [6, 6.07) is 4.11. The predicted octanol–water partition coefficient (Wildman–Crippen LogP) is 1.29. The van der Waals surface area contributed by atoms with Gasteiger partial charge in [0.2, 0.25) is 0 Å². The topological polar surface area (TPSA) is 74.1 Å². The lowest BCUT2D eigenvalue weighted by Crippen LogP contribution is -2.25. The summed E-state index contributed by atoms with van der Waals surface area (Å²) in [7, 11) is 0. The van der Waals surface area contributed by atoms with Gasteiger partial charge in [-0.15, -0.1) is 0 Å². The average molecular weight is 209 g/mol. The van der Waals surface area contributed by atoms with E-state index >= 15 is 0 Å². The highest BCUT2D eigenvalue weighted by Crippen LogP contribution is 2.23. The molecule has 0 fully saturated rings. The Hall–Kier alpha value is -1.43. The number of rotatable bonds is 3. The van der Waals surface area contributed by atoms with Gasteiger partial charge >= 0.3 is 0 Å². The maximum absolute atomic E-state index is 12.9. The van der Waals surface area contributed by atoms with Gasteiger partial charge in [0.25, 0.3) is 0 Å². The van der Waals surface area contributed by atoms with Crippen LogP contribution in [0.2, 0.25) is 0 Å². The second-order valence-corrected chi connectivity index (χ2v) is 3.35. The van der Waals surface area contributed by atoms with Gasteiger partial charge in [-0.2, -0.15) is 5.48 Å². The summed E-state index contributed by atoms with van der Waals surface area (Å²) in [6.07, 6.45) is 1.71. The van der Waals surface area contributed by atoms with E-state index in [1.807, 2.05) is 0 Å². The molecule has 1 atom stereocenters. The summed E-state index contributed by atoms with van der Waals surface area (Å²) in [5.41, 5.74) is 9.13. The van der Waals surface area contributed by atoms with E-state index in [1.165, 1.54) is 12.1 Å². The van der Waals surface area contributed by atoms with Crippen molar-refractivity contribution in [2.45, 2.75) is 6.04 Å². The maximum atomic E-state index is 12.9. The first kappa shape index (κ1) is 10.1. The van der Waals surface area contributed by atoms with E-state index in [0.29, 0.717) is 5.52 Å². The van der Waals surface area contributed by atoms with E-state index in [2.05, 4.69) is 10.5 Å². The molecule has 2 rings (SSSR count). The molecular weight excluding hydrogens is 197 g/mol. The number of halogens is 1. The Kier molecular flexibility index (Phi) is 2.68. The van der Waals surface area contributed by atoms with Crippen LogP contribution >= 0.6 is 0 Å². The molecule has 5 N–H and O–H groups in total. The highest BCUT2D eigenvalue weighted by Gasteiger charge is 2.13. The van der Waals surface area contributed by atoms with Crippen LogP contribution in [-0.2, 0) is 0 Å². The third-order valence-electron chi connectivity index (χ3n) is 2.44. The summed E-state index contributed by atoms with van der Waals surface area (Å²) in [5, 5.41) is 9.75. The number of hydrogen-bond donors (Lipinski definition) is 4. The molecule has 1 unspecified atom stereocenters. The van der Waals surface area contributed by atoms with Gasteiger partial charge in [0.15, 0.2) is 0 Å². The predicted molar refractivity (Wildman–Crippen MR) is 55.0 cm³/mol. The molecule has 0 spiro atoms. The zero-order valence-electron chi connectivity index (χ0n) is 8.00. The minimum atomic E-state index is -0.343. The highest BCUT2D eigenvalue weighted by atomic mass is 19.1. The van der Waals surface area contributed by atoms with Gasteiger partial charge in [-0.05, 0) is 23.8 Å². The average Bonchev–Trinajstić information content (AvgIpc) is 2.63. The summed E-state index contributed by atoms with van der Waals surface area (Å²) in [4.78, 5) is 2.93. The van der Waals surface area contributed by atoms with Crippen LogP contribution < -0.4 is 11.2 Å². The Labute approximate surface area is 85.9 Å². The number of aromatic nitrogens is 1. The van der Waals surface area contributed by atoms with Gasteiger partial charge in [0.05, 0.1) is 6.04 Å². The number of benzene rings is 1. The van der Waals surface area contributed by atoms with Gasteiger partial charge < -0.3 is 15.9 Å². The second-order valence-electron chi connectivity index (χ2n) is 3.35. The molecule has 2 aromatic rings. The number of hydroxylamine groups is 1. The van der Waals surface area contributed by atoms with E-state index in [4.69, 9.17) is 10.9 Å². The molecule has 1 aromatic carbocycles. The largest absolute Gasteiger partial charge is 0.361 e. The van der Waals surface area contributed by atoms with Crippen molar-refractivity contribution in [1.82, 2.24) is 10.5 Å². The lowest BCUT2D eigenvalue weighted by molar-refractivity contribution is 0.129. The lowest BCUT2D eigenvalue weighted by atomic mass is 10.1. The van der Waals surface area contributed by atoms with Crippen LogP contribution in [0.1, 0.15) is 11.6 Å². The number of aromatic amines is 1. The van der Waals surface area contributed by atoms with E-state index < -0.39 is 0 Å². The van der Waals surface area contributed by atoms with E-state index in [-0.39, 0.29) is 18.4 Å². The first-order chi connectivity index (χ1) is 7.26. The molecule has 5 heteroatoms. The molecule has 0 saturated carbocycles. The van der Waals surface area contributed by atoms with Crippen molar-refractivity contribution >= 4 is 10.9 Å². The van der Waals surface area contributed by atoms with Gasteiger partial charge in [-0.1, -0.05) is 0 Å². The van der Waals surface area contributed by atoms with Crippen molar-refractivity contribution in [2.24, 2.45) is 5.73 Å². The van der Waals surface area contributed by atoms with Crippen LogP contribution in [0.15, 0.2) is 24.4 Å². The lowest BCUT2D eigenvalue weighted by Gasteiger charge is -2.10. The smallest absolute Gasteiger partial charge is 0.125 e. The maximum Gasteiger partial charge on any atom is 0.125 e. The Morgan fingerprint density at radius 2 is 2.33 bits per heavy atom. The van der Waals surface area contributed by atoms with Crippen molar-refractivity contribution in [3.8, 4) is 0 Å². The van der Waals surface area contributed by atoms with Crippen molar-refractivity contribution in [2.75, 3.05) is 6.54 Å². The first-order valence-electron chi connectivity index (χ1n) is 4.62. The van der Waals surface area contributed by atoms with E-state index in [9.17, 15) is 4.39 Å². The highest BCUT2D eigenvalue weighted by molar-refractivity contribution is 5.83. The number of nitrogens with one attached hydrogen (secondary N) is 2. The summed E-state index contributed by atoms with van der Waals surface area (Å²) in [5.74, 6) is -0.294. The molecule has 0 aliphatic rings. The van der Waals surface area contributed by atoms with Gasteiger partial charge in [0, 0.05) is 23.6 Å². The molecule has 0 aliphatic carbocycles. The molecule has 15 heavy (non-hydrogen) atoms. The zero-order valence-corrected chi connectivity index (χ0v) is 8.00.